The third-order valence-corrected chi connectivity index (χ3v) is 3.75. The molecule has 2 fully saturated rings. The van der Waals surface area contributed by atoms with Gasteiger partial charge in [0.05, 0.1) is 6.04 Å². The van der Waals surface area contributed by atoms with Gasteiger partial charge in [0.1, 0.15) is 0 Å². The lowest BCUT2D eigenvalue weighted by Gasteiger charge is -2.30. The van der Waals surface area contributed by atoms with Gasteiger partial charge in [-0.1, -0.05) is 19.8 Å². The van der Waals surface area contributed by atoms with Gasteiger partial charge in [0.25, 0.3) is 0 Å². The zero-order valence-electron chi connectivity index (χ0n) is 10.00. The van der Waals surface area contributed by atoms with Crippen molar-refractivity contribution in [3.8, 4) is 0 Å². The lowest BCUT2D eigenvalue weighted by molar-refractivity contribution is -0.124. The van der Waals surface area contributed by atoms with Gasteiger partial charge in [-0.25, -0.2) is 0 Å². The number of amides is 1. The van der Waals surface area contributed by atoms with Gasteiger partial charge < -0.3 is 10.6 Å². The first-order valence-electron chi connectivity index (χ1n) is 6.27. The van der Waals surface area contributed by atoms with Crippen molar-refractivity contribution in [2.75, 3.05) is 13.1 Å². The summed E-state index contributed by atoms with van der Waals surface area (Å²) in [6, 6.07) is 0.103. The largest absolute Gasteiger partial charge is 0.354 e. The second-order valence-corrected chi connectivity index (χ2v) is 5.18. The molecule has 0 aromatic carbocycles. The van der Waals surface area contributed by atoms with Crippen LogP contribution in [-0.2, 0) is 4.79 Å². The predicted molar refractivity (Wildman–Crippen MR) is 67.8 cm³/mol. The zero-order chi connectivity index (χ0) is 10.7. The molecular formula is C12H23ClN2O. The summed E-state index contributed by atoms with van der Waals surface area (Å²) in [5, 5.41) is 6.20. The summed E-state index contributed by atoms with van der Waals surface area (Å²) in [7, 11) is 0. The summed E-state index contributed by atoms with van der Waals surface area (Å²) >= 11 is 0. The molecule has 2 aliphatic rings. The van der Waals surface area contributed by atoms with Crippen LogP contribution in [0.4, 0.5) is 0 Å². The molecule has 1 saturated carbocycles. The van der Waals surface area contributed by atoms with E-state index < -0.39 is 0 Å². The molecule has 0 bridgehead atoms. The normalized spacial score (nSPS) is 33.4. The van der Waals surface area contributed by atoms with Crippen LogP contribution >= 0.6 is 12.4 Å². The molecule has 0 spiro atoms. The Hall–Kier alpha value is -0.280. The minimum absolute atomic E-state index is 0. The van der Waals surface area contributed by atoms with Crippen molar-refractivity contribution in [1.29, 1.82) is 0 Å². The van der Waals surface area contributed by atoms with Gasteiger partial charge in [-0.05, 0) is 37.6 Å². The van der Waals surface area contributed by atoms with Gasteiger partial charge in [0.2, 0.25) is 5.91 Å². The fraction of sp³-hybridized carbons (Fsp3) is 0.917. The van der Waals surface area contributed by atoms with E-state index in [0.29, 0.717) is 0 Å². The average molecular weight is 247 g/mol. The van der Waals surface area contributed by atoms with Crippen molar-refractivity contribution in [1.82, 2.24) is 10.6 Å². The van der Waals surface area contributed by atoms with Crippen LogP contribution in [0.25, 0.3) is 0 Å². The quantitative estimate of drug-likeness (QED) is 0.796. The monoisotopic (exact) mass is 246 g/mol. The number of nitrogens with one attached hydrogen (secondary N) is 2. The summed E-state index contributed by atoms with van der Waals surface area (Å²) in [6.07, 6.45) is 6.30. The Morgan fingerprint density at radius 2 is 2.12 bits per heavy atom. The maximum atomic E-state index is 11.6. The molecule has 1 aliphatic heterocycles. The van der Waals surface area contributed by atoms with Crippen LogP contribution in [0.15, 0.2) is 0 Å². The topological polar surface area (TPSA) is 41.1 Å². The van der Waals surface area contributed by atoms with E-state index in [4.69, 9.17) is 0 Å². The Bertz CT molecular complexity index is 231. The van der Waals surface area contributed by atoms with E-state index in [1.807, 2.05) is 0 Å². The number of hydrogen-bond donors (Lipinski definition) is 2. The van der Waals surface area contributed by atoms with E-state index in [9.17, 15) is 4.79 Å². The van der Waals surface area contributed by atoms with Crippen LogP contribution in [0.5, 0.6) is 0 Å². The van der Waals surface area contributed by atoms with E-state index in [2.05, 4.69) is 17.6 Å². The SMILES string of the molecule is CC1CCCC(CNC(=O)[C@H]2CCN2)C1.Cl. The van der Waals surface area contributed by atoms with Crippen LogP contribution in [0, 0.1) is 11.8 Å². The van der Waals surface area contributed by atoms with Crippen LogP contribution < -0.4 is 10.6 Å². The van der Waals surface area contributed by atoms with Crippen molar-refractivity contribution in [2.45, 2.75) is 45.1 Å². The molecule has 16 heavy (non-hydrogen) atoms. The summed E-state index contributed by atoms with van der Waals surface area (Å²) in [6.45, 7) is 4.21. The first-order valence-corrected chi connectivity index (χ1v) is 6.27. The molecule has 2 rings (SSSR count). The van der Waals surface area contributed by atoms with Gasteiger partial charge in [0, 0.05) is 6.54 Å². The van der Waals surface area contributed by atoms with Gasteiger partial charge in [-0.15, -0.1) is 12.4 Å². The number of rotatable bonds is 3. The minimum Gasteiger partial charge on any atom is -0.354 e. The van der Waals surface area contributed by atoms with Crippen LogP contribution in [-0.4, -0.2) is 25.0 Å². The fourth-order valence-corrected chi connectivity index (χ4v) is 2.63. The van der Waals surface area contributed by atoms with E-state index >= 15 is 0 Å². The van der Waals surface area contributed by atoms with Crippen LogP contribution in [0.1, 0.15) is 39.0 Å². The molecular weight excluding hydrogens is 224 g/mol. The maximum absolute atomic E-state index is 11.6. The molecule has 2 unspecified atom stereocenters. The van der Waals surface area contributed by atoms with Gasteiger partial charge in [-0.3, -0.25) is 4.79 Å². The number of halogens is 1. The van der Waals surface area contributed by atoms with Crippen molar-refractivity contribution in [3.05, 3.63) is 0 Å². The number of hydrogen-bond acceptors (Lipinski definition) is 2. The molecule has 0 aromatic rings. The highest BCUT2D eigenvalue weighted by molar-refractivity contribution is 5.85. The van der Waals surface area contributed by atoms with E-state index in [0.717, 1.165) is 31.3 Å². The molecule has 1 aliphatic carbocycles. The predicted octanol–water partition coefficient (Wildman–Crippen LogP) is 1.71. The Labute approximate surface area is 104 Å². The summed E-state index contributed by atoms with van der Waals surface area (Å²) in [4.78, 5) is 11.6. The average Bonchev–Trinajstić information content (AvgIpc) is 2.12. The second kappa shape index (κ2) is 6.45. The summed E-state index contributed by atoms with van der Waals surface area (Å²) in [5.41, 5.74) is 0. The molecule has 0 radical (unpaired) electrons. The number of carbonyl (C=O) groups is 1. The fourth-order valence-electron chi connectivity index (χ4n) is 2.63. The molecule has 94 valence electrons. The first kappa shape index (κ1) is 13.8. The van der Waals surface area contributed by atoms with Crippen molar-refractivity contribution in [2.24, 2.45) is 11.8 Å². The molecule has 3 atom stereocenters. The molecule has 4 heteroatoms. The molecule has 3 nitrogen and oxygen atoms in total. The second-order valence-electron chi connectivity index (χ2n) is 5.18. The zero-order valence-corrected chi connectivity index (χ0v) is 10.8. The van der Waals surface area contributed by atoms with Gasteiger partial charge in [0.15, 0.2) is 0 Å². The highest BCUT2D eigenvalue weighted by Gasteiger charge is 2.25. The highest BCUT2D eigenvalue weighted by atomic mass is 35.5. The van der Waals surface area contributed by atoms with Crippen molar-refractivity contribution < 1.29 is 4.79 Å². The van der Waals surface area contributed by atoms with Gasteiger partial charge in [-0.2, -0.15) is 0 Å². The summed E-state index contributed by atoms with van der Waals surface area (Å²) in [5.74, 6) is 1.78. The smallest absolute Gasteiger partial charge is 0.237 e. The summed E-state index contributed by atoms with van der Waals surface area (Å²) < 4.78 is 0. The molecule has 0 aromatic heterocycles. The van der Waals surface area contributed by atoms with Crippen molar-refractivity contribution in [3.63, 3.8) is 0 Å². The molecule has 1 amide bonds. The third-order valence-electron chi connectivity index (χ3n) is 3.75. The first-order chi connectivity index (χ1) is 7.25. The molecule has 1 saturated heterocycles. The Morgan fingerprint density at radius 1 is 1.38 bits per heavy atom. The lowest BCUT2D eigenvalue weighted by atomic mass is 9.82. The van der Waals surface area contributed by atoms with E-state index in [-0.39, 0.29) is 24.4 Å². The molecule has 2 N–H and O–H groups in total. The maximum Gasteiger partial charge on any atom is 0.237 e. The Morgan fingerprint density at radius 3 is 2.69 bits per heavy atom. The lowest BCUT2D eigenvalue weighted by Crippen LogP contribution is -2.53. The Kier molecular flexibility index (Phi) is 5.56. The number of carbonyl (C=O) groups excluding carboxylic acids is 1. The third kappa shape index (κ3) is 3.63. The van der Waals surface area contributed by atoms with Crippen molar-refractivity contribution >= 4 is 18.3 Å². The van der Waals surface area contributed by atoms with Crippen LogP contribution in [0.2, 0.25) is 0 Å². The molecule has 1 heterocycles. The highest BCUT2D eigenvalue weighted by Crippen LogP contribution is 2.27. The van der Waals surface area contributed by atoms with Gasteiger partial charge >= 0.3 is 0 Å². The van der Waals surface area contributed by atoms with E-state index in [1.165, 1.54) is 25.7 Å². The van der Waals surface area contributed by atoms with Crippen LogP contribution in [0.3, 0.4) is 0 Å². The minimum atomic E-state index is 0. The van der Waals surface area contributed by atoms with E-state index in [1.54, 1.807) is 0 Å². The Balaban J connectivity index is 0.00000128. The standard InChI is InChI=1S/C12H22N2O.ClH/c1-9-3-2-4-10(7-9)8-14-12(15)11-5-6-13-11;/h9-11,13H,2-8H2,1H3,(H,14,15);1H/t9?,10?,11-;/m1./s1.